The Balaban J connectivity index is 1.89. The minimum atomic E-state index is -0.138. The van der Waals surface area contributed by atoms with Crippen LogP contribution in [0, 0.1) is 11.3 Å². The molecule has 0 aliphatic heterocycles. The normalized spacial score (nSPS) is 11.4. The highest BCUT2D eigenvalue weighted by molar-refractivity contribution is 5.33. The fourth-order valence-corrected chi connectivity index (χ4v) is 2.11. The van der Waals surface area contributed by atoms with E-state index in [0.717, 1.165) is 17.1 Å². The van der Waals surface area contributed by atoms with Crippen LogP contribution in [0.15, 0.2) is 54.6 Å². The summed E-state index contributed by atoms with van der Waals surface area (Å²) in [6, 6.07) is 19.7. The molecule has 0 N–H and O–H groups in total. The van der Waals surface area contributed by atoms with Crippen molar-refractivity contribution in [3.05, 3.63) is 60.2 Å². The molecular weight excluding hydrogens is 262 g/mol. The highest BCUT2D eigenvalue weighted by atomic mass is 16.5. The zero-order valence-corrected chi connectivity index (χ0v) is 12.2. The Morgan fingerprint density at radius 1 is 1.00 bits per heavy atom. The van der Waals surface area contributed by atoms with Gasteiger partial charge in [-0.1, -0.05) is 36.4 Å². The zero-order chi connectivity index (χ0) is 14.9. The third kappa shape index (κ3) is 4.54. The molecule has 1 atom stereocenters. The minimum absolute atomic E-state index is 0.138. The molecule has 0 amide bonds. The molecule has 3 heteroatoms. The highest BCUT2D eigenvalue weighted by Gasteiger charge is 2.10. The highest BCUT2D eigenvalue weighted by Crippen LogP contribution is 2.22. The van der Waals surface area contributed by atoms with Crippen molar-refractivity contribution >= 4 is 0 Å². The predicted octanol–water partition coefficient (Wildman–Crippen LogP) is 4.16. The smallest absolute Gasteiger partial charge is 0.122 e. The average Bonchev–Trinajstić information content (AvgIpc) is 2.53. The standard InChI is InChI=1S/C18H19NO2/c1-2-20-17-9-6-10-18(13-17)21-12-11-16(14-19)15-7-4-3-5-8-15/h3-10,13,16H,2,11-12H2,1H3. The van der Waals surface area contributed by atoms with Crippen LogP contribution in [0.4, 0.5) is 0 Å². The predicted molar refractivity (Wildman–Crippen MR) is 82.5 cm³/mol. The second kappa shape index (κ2) is 7.96. The van der Waals surface area contributed by atoms with Gasteiger partial charge < -0.3 is 9.47 Å². The summed E-state index contributed by atoms with van der Waals surface area (Å²) in [5.41, 5.74) is 1.03. The molecule has 0 radical (unpaired) electrons. The number of rotatable bonds is 7. The molecule has 3 nitrogen and oxygen atoms in total. The lowest BCUT2D eigenvalue weighted by atomic mass is 9.98. The Morgan fingerprint density at radius 3 is 2.38 bits per heavy atom. The lowest BCUT2D eigenvalue weighted by molar-refractivity contribution is 0.300. The van der Waals surface area contributed by atoms with Crippen LogP contribution in [0.5, 0.6) is 11.5 Å². The molecule has 0 aliphatic carbocycles. The van der Waals surface area contributed by atoms with E-state index in [0.29, 0.717) is 19.6 Å². The summed E-state index contributed by atoms with van der Waals surface area (Å²) in [6.45, 7) is 3.08. The maximum atomic E-state index is 9.27. The van der Waals surface area contributed by atoms with Gasteiger partial charge in [-0.2, -0.15) is 5.26 Å². The van der Waals surface area contributed by atoms with Crippen molar-refractivity contribution in [1.82, 2.24) is 0 Å². The van der Waals surface area contributed by atoms with Crippen LogP contribution in [-0.2, 0) is 0 Å². The minimum Gasteiger partial charge on any atom is -0.494 e. The first-order valence-corrected chi connectivity index (χ1v) is 7.13. The van der Waals surface area contributed by atoms with E-state index in [1.807, 2.05) is 61.5 Å². The summed E-state index contributed by atoms with van der Waals surface area (Å²) in [7, 11) is 0. The maximum absolute atomic E-state index is 9.27. The Labute approximate surface area is 125 Å². The van der Waals surface area contributed by atoms with Gasteiger partial charge in [0.1, 0.15) is 11.5 Å². The van der Waals surface area contributed by atoms with E-state index < -0.39 is 0 Å². The molecule has 2 aromatic rings. The summed E-state index contributed by atoms with van der Waals surface area (Å²) < 4.78 is 11.1. The first-order chi connectivity index (χ1) is 10.3. The Kier molecular flexibility index (Phi) is 5.66. The van der Waals surface area contributed by atoms with Crippen LogP contribution < -0.4 is 9.47 Å². The van der Waals surface area contributed by atoms with Gasteiger partial charge in [0.15, 0.2) is 0 Å². The third-order valence-corrected chi connectivity index (χ3v) is 3.15. The van der Waals surface area contributed by atoms with E-state index >= 15 is 0 Å². The van der Waals surface area contributed by atoms with E-state index in [1.54, 1.807) is 0 Å². The van der Waals surface area contributed by atoms with Crippen molar-refractivity contribution in [3.63, 3.8) is 0 Å². The molecule has 0 saturated heterocycles. The lowest BCUT2D eigenvalue weighted by Gasteiger charge is -2.11. The summed E-state index contributed by atoms with van der Waals surface area (Å²) in [4.78, 5) is 0. The van der Waals surface area contributed by atoms with Crippen LogP contribution in [0.2, 0.25) is 0 Å². The Bertz CT molecular complexity index is 590. The largest absolute Gasteiger partial charge is 0.494 e. The summed E-state index contributed by atoms with van der Waals surface area (Å²) >= 11 is 0. The van der Waals surface area contributed by atoms with Crippen molar-refractivity contribution in [2.75, 3.05) is 13.2 Å². The van der Waals surface area contributed by atoms with Gasteiger partial charge in [-0.15, -0.1) is 0 Å². The average molecular weight is 281 g/mol. The molecule has 0 spiro atoms. The van der Waals surface area contributed by atoms with E-state index in [-0.39, 0.29) is 5.92 Å². The molecule has 21 heavy (non-hydrogen) atoms. The van der Waals surface area contributed by atoms with Gasteiger partial charge in [0.25, 0.3) is 0 Å². The third-order valence-electron chi connectivity index (χ3n) is 3.15. The fraction of sp³-hybridized carbons (Fsp3) is 0.278. The molecule has 0 fully saturated rings. The van der Waals surface area contributed by atoms with Gasteiger partial charge in [-0.25, -0.2) is 0 Å². The molecular formula is C18H19NO2. The topological polar surface area (TPSA) is 42.2 Å². The van der Waals surface area contributed by atoms with Crippen molar-refractivity contribution in [2.24, 2.45) is 0 Å². The van der Waals surface area contributed by atoms with Gasteiger partial charge in [0.05, 0.1) is 25.2 Å². The van der Waals surface area contributed by atoms with Crippen LogP contribution in [0.3, 0.4) is 0 Å². The van der Waals surface area contributed by atoms with E-state index in [1.165, 1.54) is 0 Å². The molecule has 0 saturated carbocycles. The molecule has 0 aromatic heterocycles. The van der Waals surface area contributed by atoms with Gasteiger partial charge in [-0.05, 0) is 24.6 Å². The quantitative estimate of drug-likeness (QED) is 0.765. The zero-order valence-electron chi connectivity index (χ0n) is 12.2. The lowest BCUT2D eigenvalue weighted by Crippen LogP contribution is -2.04. The van der Waals surface area contributed by atoms with Crippen molar-refractivity contribution < 1.29 is 9.47 Å². The molecule has 2 aromatic carbocycles. The van der Waals surface area contributed by atoms with Crippen molar-refractivity contribution in [3.8, 4) is 17.6 Å². The second-order valence-corrected chi connectivity index (χ2v) is 4.64. The van der Waals surface area contributed by atoms with Crippen LogP contribution in [0.1, 0.15) is 24.8 Å². The monoisotopic (exact) mass is 281 g/mol. The van der Waals surface area contributed by atoms with Gasteiger partial charge in [0, 0.05) is 12.5 Å². The number of hydrogen-bond acceptors (Lipinski definition) is 3. The van der Waals surface area contributed by atoms with E-state index in [4.69, 9.17) is 9.47 Å². The van der Waals surface area contributed by atoms with E-state index in [9.17, 15) is 5.26 Å². The molecule has 1 unspecified atom stereocenters. The van der Waals surface area contributed by atoms with Gasteiger partial charge >= 0.3 is 0 Å². The van der Waals surface area contributed by atoms with Gasteiger partial charge in [-0.3, -0.25) is 0 Å². The number of hydrogen-bond donors (Lipinski definition) is 0. The SMILES string of the molecule is CCOc1cccc(OCCC(C#N)c2ccccc2)c1. The van der Waals surface area contributed by atoms with Crippen molar-refractivity contribution in [1.29, 1.82) is 5.26 Å². The second-order valence-electron chi connectivity index (χ2n) is 4.64. The van der Waals surface area contributed by atoms with Crippen molar-refractivity contribution in [2.45, 2.75) is 19.3 Å². The van der Waals surface area contributed by atoms with Crippen LogP contribution >= 0.6 is 0 Å². The number of nitriles is 1. The van der Waals surface area contributed by atoms with Gasteiger partial charge in [0.2, 0.25) is 0 Å². The first kappa shape index (κ1) is 14.9. The number of nitrogens with zero attached hydrogens (tertiary/aromatic N) is 1. The number of benzene rings is 2. The molecule has 0 aliphatic rings. The summed E-state index contributed by atoms with van der Waals surface area (Å²) in [6.07, 6.45) is 0.666. The van der Waals surface area contributed by atoms with Crippen LogP contribution in [-0.4, -0.2) is 13.2 Å². The molecule has 2 rings (SSSR count). The Morgan fingerprint density at radius 2 is 1.71 bits per heavy atom. The first-order valence-electron chi connectivity index (χ1n) is 7.13. The molecule has 0 heterocycles. The number of ether oxygens (including phenoxy) is 2. The van der Waals surface area contributed by atoms with E-state index in [2.05, 4.69) is 6.07 Å². The molecule has 0 bridgehead atoms. The fourth-order valence-electron chi connectivity index (χ4n) is 2.11. The maximum Gasteiger partial charge on any atom is 0.122 e. The summed E-state index contributed by atoms with van der Waals surface area (Å²) in [5, 5.41) is 9.27. The van der Waals surface area contributed by atoms with Crippen LogP contribution in [0.25, 0.3) is 0 Å². The Hall–Kier alpha value is -2.47. The molecule has 108 valence electrons. The summed E-state index contributed by atoms with van der Waals surface area (Å²) in [5.74, 6) is 1.43.